The number of alkyl halides is 3. The molecule has 1 aliphatic rings. The summed E-state index contributed by atoms with van der Waals surface area (Å²) in [4.78, 5) is 23.9. The zero-order chi connectivity index (χ0) is 27.3. The second-order valence-electron chi connectivity index (χ2n) is 8.86. The maximum Gasteiger partial charge on any atom is 0.421 e. The van der Waals surface area contributed by atoms with Crippen LogP contribution in [0.2, 0.25) is 0 Å². The molecule has 2 heterocycles. The van der Waals surface area contributed by atoms with E-state index in [1.54, 1.807) is 30.3 Å². The first-order valence-corrected chi connectivity index (χ1v) is 12.0. The van der Waals surface area contributed by atoms with Crippen molar-refractivity contribution in [2.45, 2.75) is 50.9 Å². The standard InChI is InChI=1S/C25H28F3N7O3/c1-14(36)30-19-5-3-4-6-20(19)33-23-18(25(26,27)28)13-29-24(35-23)32-16-11-21(34-22(12-16)38-2)31-15-7-9-17(37)10-8-15/h3-6,11-13,15,17,37H,7-10H2,1-2H3,(H,30,36)(H3,29,31,32,33,34,35). The molecule has 3 aromatic rings. The molecule has 0 spiro atoms. The predicted octanol–water partition coefficient (Wildman–Crippen LogP) is 5.06. The normalized spacial score (nSPS) is 17.4. The molecule has 4 rings (SSSR count). The van der Waals surface area contributed by atoms with Gasteiger partial charge in [0.1, 0.15) is 17.2 Å². The van der Waals surface area contributed by atoms with Crippen LogP contribution in [0.5, 0.6) is 5.88 Å². The first kappa shape index (κ1) is 26.9. The van der Waals surface area contributed by atoms with Crippen LogP contribution in [0.4, 0.5) is 47.8 Å². The number of nitrogens with one attached hydrogen (secondary N) is 4. The molecule has 0 atom stereocenters. The van der Waals surface area contributed by atoms with Crippen molar-refractivity contribution in [3.05, 3.63) is 48.2 Å². The number of anilines is 6. The number of aliphatic hydroxyl groups excluding tert-OH is 1. The fourth-order valence-electron chi connectivity index (χ4n) is 4.08. The highest BCUT2D eigenvalue weighted by molar-refractivity contribution is 5.93. The van der Waals surface area contributed by atoms with E-state index in [1.165, 1.54) is 20.1 Å². The molecule has 1 saturated carbocycles. The van der Waals surface area contributed by atoms with Crippen molar-refractivity contribution >= 4 is 40.6 Å². The predicted molar refractivity (Wildman–Crippen MR) is 137 cm³/mol. The van der Waals surface area contributed by atoms with Gasteiger partial charge >= 0.3 is 6.18 Å². The second-order valence-corrected chi connectivity index (χ2v) is 8.86. The zero-order valence-corrected chi connectivity index (χ0v) is 20.8. The number of methoxy groups -OCH3 is 1. The summed E-state index contributed by atoms with van der Waals surface area (Å²) >= 11 is 0. The first-order valence-electron chi connectivity index (χ1n) is 12.0. The lowest BCUT2D eigenvalue weighted by molar-refractivity contribution is -0.137. The summed E-state index contributed by atoms with van der Waals surface area (Å²) < 4.78 is 46.6. The van der Waals surface area contributed by atoms with Crippen molar-refractivity contribution < 1.29 is 27.8 Å². The molecule has 0 bridgehead atoms. The molecule has 0 unspecified atom stereocenters. The average Bonchev–Trinajstić information content (AvgIpc) is 2.85. The van der Waals surface area contributed by atoms with Gasteiger partial charge in [0.25, 0.3) is 0 Å². The van der Waals surface area contributed by atoms with E-state index in [4.69, 9.17) is 4.74 Å². The number of para-hydroxylation sites is 2. The van der Waals surface area contributed by atoms with Gasteiger partial charge in [-0.25, -0.2) is 4.98 Å². The maximum absolute atomic E-state index is 13.8. The van der Waals surface area contributed by atoms with Gasteiger partial charge in [-0.15, -0.1) is 0 Å². The summed E-state index contributed by atoms with van der Waals surface area (Å²) in [5.74, 6) is -0.184. The van der Waals surface area contributed by atoms with Crippen molar-refractivity contribution in [3.63, 3.8) is 0 Å². The van der Waals surface area contributed by atoms with E-state index in [0.717, 1.165) is 12.8 Å². The van der Waals surface area contributed by atoms with Gasteiger partial charge in [-0.3, -0.25) is 4.79 Å². The number of hydrogen-bond acceptors (Lipinski definition) is 9. The third-order valence-electron chi connectivity index (χ3n) is 5.90. The van der Waals surface area contributed by atoms with Gasteiger partial charge in [-0.05, 0) is 37.8 Å². The third kappa shape index (κ3) is 7.00. The Morgan fingerprint density at radius 3 is 2.42 bits per heavy atom. The number of benzene rings is 1. The van der Waals surface area contributed by atoms with Crippen LogP contribution in [-0.2, 0) is 11.0 Å². The molecule has 0 saturated heterocycles. The fourth-order valence-corrected chi connectivity index (χ4v) is 4.08. The van der Waals surface area contributed by atoms with Crippen LogP contribution in [0.1, 0.15) is 38.2 Å². The van der Waals surface area contributed by atoms with Crippen LogP contribution in [-0.4, -0.2) is 45.2 Å². The molecule has 1 amide bonds. The van der Waals surface area contributed by atoms with E-state index in [0.29, 0.717) is 36.2 Å². The van der Waals surface area contributed by atoms with Crippen LogP contribution >= 0.6 is 0 Å². The van der Waals surface area contributed by atoms with Crippen molar-refractivity contribution in [3.8, 4) is 5.88 Å². The monoisotopic (exact) mass is 531 g/mol. The molecule has 10 nitrogen and oxygen atoms in total. The zero-order valence-electron chi connectivity index (χ0n) is 20.8. The van der Waals surface area contributed by atoms with Gasteiger partial charge in [0, 0.05) is 37.0 Å². The van der Waals surface area contributed by atoms with E-state index in [1.807, 2.05) is 0 Å². The highest BCUT2D eigenvalue weighted by Crippen LogP contribution is 2.37. The van der Waals surface area contributed by atoms with Crippen LogP contribution in [0.15, 0.2) is 42.6 Å². The summed E-state index contributed by atoms with van der Waals surface area (Å²) in [6.45, 7) is 1.30. The number of aliphatic hydroxyl groups is 1. The Labute approximate surface area is 217 Å². The molecule has 13 heteroatoms. The van der Waals surface area contributed by atoms with Crippen LogP contribution < -0.4 is 26.0 Å². The Balaban J connectivity index is 1.61. The van der Waals surface area contributed by atoms with Crippen LogP contribution in [0.3, 0.4) is 0 Å². The molecule has 38 heavy (non-hydrogen) atoms. The molecule has 0 aliphatic heterocycles. The summed E-state index contributed by atoms with van der Waals surface area (Å²) in [5, 5.41) is 21.2. The Hall–Kier alpha value is -4.13. The number of ether oxygens (including phenoxy) is 1. The minimum absolute atomic E-state index is 0.0995. The van der Waals surface area contributed by atoms with Crippen molar-refractivity contribution in [2.24, 2.45) is 0 Å². The number of halogens is 3. The quantitative estimate of drug-likeness (QED) is 0.270. The highest BCUT2D eigenvalue weighted by atomic mass is 19.4. The number of carbonyl (C=O) groups excluding carboxylic acids is 1. The largest absolute Gasteiger partial charge is 0.481 e. The second kappa shape index (κ2) is 11.5. The van der Waals surface area contributed by atoms with E-state index >= 15 is 0 Å². The number of aromatic nitrogens is 3. The Kier molecular flexibility index (Phi) is 8.15. The summed E-state index contributed by atoms with van der Waals surface area (Å²) in [6.07, 6.45) is -1.41. The smallest absolute Gasteiger partial charge is 0.421 e. The molecule has 1 aromatic carbocycles. The van der Waals surface area contributed by atoms with Gasteiger partial charge in [0.15, 0.2) is 0 Å². The maximum atomic E-state index is 13.8. The minimum atomic E-state index is -4.73. The Morgan fingerprint density at radius 1 is 1.05 bits per heavy atom. The van der Waals surface area contributed by atoms with Gasteiger partial charge in [0.05, 0.1) is 24.6 Å². The molecule has 1 aliphatic carbocycles. The molecule has 1 fully saturated rings. The SMILES string of the molecule is COc1cc(Nc2ncc(C(F)(F)F)c(Nc3ccccc3NC(C)=O)n2)cc(NC2CCC(O)CC2)n1. The highest BCUT2D eigenvalue weighted by Gasteiger charge is 2.35. The van der Waals surface area contributed by atoms with E-state index in [2.05, 4.69) is 36.2 Å². The molecule has 5 N–H and O–H groups in total. The molecule has 2 aromatic heterocycles. The van der Waals surface area contributed by atoms with Crippen molar-refractivity contribution in [2.75, 3.05) is 28.4 Å². The lowest BCUT2D eigenvalue weighted by Crippen LogP contribution is -2.28. The lowest BCUT2D eigenvalue weighted by Gasteiger charge is -2.26. The van der Waals surface area contributed by atoms with Crippen molar-refractivity contribution in [1.82, 2.24) is 15.0 Å². The number of pyridine rings is 1. The fraction of sp³-hybridized carbons (Fsp3) is 0.360. The first-order chi connectivity index (χ1) is 18.1. The van der Waals surface area contributed by atoms with Gasteiger partial charge < -0.3 is 31.1 Å². The van der Waals surface area contributed by atoms with Crippen LogP contribution in [0.25, 0.3) is 0 Å². The Morgan fingerprint density at radius 2 is 1.76 bits per heavy atom. The summed E-state index contributed by atoms with van der Waals surface area (Å²) in [7, 11) is 1.45. The number of hydrogen-bond donors (Lipinski definition) is 5. The Bertz CT molecular complexity index is 1280. The molecular formula is C25H28F3N7O3. The number of carbonyl (C=O) groups is 1. The number of rotatable bonds is 8. The van der Waals surface area contributed by atoms with E-state index < -0.39 is 17.6 Å². The number of nitrogens with zero attached hydrogens (tertiary/aromatic N) is 3. The molecular weight excluding hydrogens is 503 g/mol. The van der Waals surface area contributed by atoms with E-state index in [9.17, 15) is 23.1 Å². The van der Waals surface area contributed by atoms with E-state index in [-0.39, 0.29) is 35.6 Å². The van der Waals surface area contributed by atoms with Gasteiger partial charge in [-0.1, -0.05) is 12.1 Å². The van der Waals surface area contributed by atoms with Gasteiger partial charge in [0.2, 0.25) is 17.7 Å². The molecule has 0 radical (unpaired) electrons. The lowest BCUT2D eigenvalue weighted by atomic mass is 9.93. The van der Waals surface area contributed by atoms with Crippen LogP contribution in [0, 0.1) is 0 Å². The summed E-state index contributed by atoms with van der Waals surface area (Å²) in [6, 6.07) is 9.70. The number of amides is 1. The minimum Gasteiger partial charge on any atom is -0.481 e. The summed E-state index contributed by atoms with van der Waals surface area (Å²) in [5.41, 5.74) is -0.104. The topological polar surface area (TPSA) is 133 Å². The average molecular weight is 532 g/mol. The molecule has 202 valence electrons. The van der Waals surface area contributed by atoms with Gasteiger partial charge in [-0.2, -0.15) is 23.1 Å². The third-order valence-corrected chi connectivity index (χ3v) is 5.90. The van der Waals surface area contributed by atoms with Crippen molar-refractivity contribution in [1.29, 1.82) is 0 Å².